The highest BCUT2D eigenvalue weighted by Crippen LogP contribution is 2.43. The molecule has 0 radical (unpaired) electrons. The maximum atomic E-state index is 13.3. The van der Waals surface area contributed by atoms with Crippen LogP contribution in [0.1, 0.15) is 17.5 Å². The molecular formula is C20H18F3NO2. The summed E-state index contributed by atoms with van der Waals surface area (Å²) < 4.78 is 45.9. The lowest BCUT2D eigenvalue weighted by atomic mass is 9.96. The second kappa shape index (κ2) is 7.23. The van der Waals surface area contributed by atoms with E-state index in [0.717, 1.165) is 11.6 Å². The maximum absolute atomic E-state index is 13.3. The quantitative estimate of drug-likeness (QED) is 0.803. The van der Waals surface area contributed by atoms with Gasteiger partial charge in [-0.15, -0.1) is 6.58 Å². The molecule has 1 N–H and O–H groups in total. The van der Waals surface area contributed by atoms with Gasteiger partial charge in [0.1, 0.15) is 11.9 Å². The Morgan fingerprint density at radius 1 is 1.19 bits per heavy atom. The summed E-state index contributed by atoms with van der Waals surface area (Å²) >= 11 is 0. The minimum atomic E-state index is -4.45. The number of halogens is 3. The van der Waals surface area contributed by atoms with E-state index in [-0.39, 0.29) is 24.0 Å². The molecular weight excluding hydrogens is 343 g/mol. The predicted molar refractivity (Wildman–Crippen MR) is 92.8 cm³/mol. The molecule has 0 saturated carbocycles. The molecule has 26 heavy (non-hydrogen) atoms. The van der Waals surface area contributed by atoms with Gasteiger partial charge in [-0.05, 0) is 17.2 Å². The first-order valence-electron chi connectivity index (χ1n) is 8.23. The van der Waals surface area contributed by atoms with Crippen molar-refractivity contribution in [2.75, 3.05) is 6.54 Å². The van der Waals surface area contributed by atoms with Crippen molar-refractivity contribution in [3.05, 3.63) is 66.2 Å². The maximum Gasteiger partial charge on any atom is 0.417 e. The zero-order chi connectivity index (χ0) is 18.7. The van der Waals surface area contributed by atoms with Gasteiger partial charge in [-0.3, -0.25) is 4.79 Å². The minimum absolute atomic E-state index is 0.0909. The Labute approximate surface area is 149 Å². The van der Waals surface area contributed by atoms with Crippen molar-refractivity contribution in [2.24, 2.45) is 0 Å². The topological polar surface area (TPSA) is 38.3 Å². The van der Waals surface area contributed by atoms with Crippen molar-refractivity contribution in [1.29, 1.82) is 0 Å². The van der Waals surface area contributed by atoms with Gasteiger partial charge >= 0.3 is 6.18 Å². The molecule has 3 rings (SSSR count). The third kappa shape index (κ3) is 3.74. The average molecular weight is 361 g/mol. The Kier molecular flexibility index (Phi) is 5.02. The Morgan fingerprint density at radius 2 is 1.92 bits per heavy atom. The highest BCUT2D eigenvalue weighted by Gasteiger charge is 2.35. The lowest BCUT2D eigenvalue weighted by Crippen LogP contribution is -2.34. The van der Waals surface area contributed by atoms with Crippen LogP contribution in [0.3, 0.4) is 0 Å². The molecule has 1 aliphatic heterocycles. The van der Waals surface area contributed by atoms with Crippen molar-refractivity contribution in [3.63, 3.8) is 0 Å². The van der Waals surface area contributed by atoms with Crippen LogP contribution in [0.2, 0.25) is 0 Å². The van der Waals surface area contributed by atoms with Crippen molar-refractivity contribution >= 4 is 5.91 Å². The predicted octanol–water partition coefficient (Wildman–Crippen LogP) is 4.37. The van der Waals surface area contributed by atoms with Crippen LogP contribution in [-0.2, 0) is 17.4 Å². The van der Waals surface area contributed by atoms with Crippen LogP contribution in [-0.4, -0.2) is 18.6 Å². The highest BCUT2D eigenvalue weighted by atomic mass is 19.4. The number of rotatable bonds is 5. The summed E-state index contributed by atoms with van der Waals surface area (Å²) in [6, 6.07) is 10.6. The van der Waals surface area contributed by atoms with Gasteiger partial charge in [0.25, 0.3) is 0 Å². The molecule has 3 nitrogen and oxygen atoms in total. The number of fused-ring (bicyclic) bond motifs is 1. The summed E-state index contributed by atoms with van der Waals surface area (Å²) in [5.41, 5.74) is 0.644. The standard InChI is InChI=1S/C20H18F3NO2/c1-2-6-18(25)24-12-14-11-13-7-5-9-16(19(13)26-14)15-8-3-4-10-17(15)20(21,22)23/h2-5,7-10,14H,1,6,11-12H2,(H,24,25)/t14-/m0/s1. The van der Waals surface area contributed by atoms with E-state index in [1.807, 2.05) is 6.07 Å². The van der Waals surface area contributed by atoms with E-state index in [4.69, 9.17) is 4.74 Å². The van der Waals surface area contributed by atoms with E-state index in [1.54, 1.807) is 18.2 Å². The van der Waals surface area contributed by atoms with E-state index < -0.39 is 11.7 Å². The molecule has 2 aromatic rings. The molecule has 136 valence electrons. The molecule has 0 saturated heterocycles. The SMILES string of the molecule is C=CCC(=O)NC[C@@H]1Cc2cccc(-c3ccccc3C(F)(F)F)c2O1. The van der Waals surface area contributed by atoms with Gasteiger partial charge in [-0.1, -0.05) is 42.5 Å². The third-order valence-electron chi connectivity index (χ3n) is 4.21. The molecule has 0 spiro atoms. The number of benzene rings is 2. The molecule has 0 aliphatic carbocycles. The zero-order valence-corrected chi connectivity index (χ0v) is 14.0. The minimum Gasteiger partial charge on any atom is -0.487 e. The number of hydrogen-bond acceptors (Lipinski definition) is 2. The smallest absolute Gasteiger partial charge is 0.417 e. The fourth-order valence-electron chi connectivity index (χ4n) is 3.06. The lowest BCUT2D eigenvalue weighted by Gasteiger charge is -2.16. The van der Waals surface area contributed by atoms with Gasteiger partial charge in [-0.25, -0.2) is 0 Å². The zero-order valence-electron chi connectivity index (χ0n) is 14.0. The van der Waals surface area contributed by atoms with Gasteiger partial charge in [0.15, 0.2) is 0 Å². The molecule has 0 bridgehead atoms. The van der Waals surface area contributed by atoms with Gasteiger partial charge < -0.3 is 10.1 Å². The van der Waals surface area contributed by atoms with E-state index in [0.29, 0.717) is 24.3 Å². The first kappa shape index (κ1) is 18.0. The highest BCUT2D eigenvalue weighted by molar-refractivity contribution is 5.78. The second-order valence-corrected chi connectivity index (χ2v) is 6.08. The average Bonchev–Trinajstić information content (AvgIpc) is 3.02. The Balaban J connectivity index is 1.87. The number of carbonyl (C=O) groups excluding carboxylic acids is 1. The second-order valence-electron chi connectivity index (χ2n) is 6.08. The van der Waals surface area contributed by atoms with Crippen LogP contribution < -0.4 is 10.1 Å². The molecule has 1 atom stereocenters. The number of ether oxygens (including phenoxy) is 1. The van der Waals surface area contributed by atoms with Crippen LogP contribution >= 0.6 is 0 Å². The van der Waals surface area contributed by atoms with Crippen molar-refractivity contribution in [1.82, 2.24) is 5.32 Å². The molecule has 6 heteroatoms. The van der Waals surface area contributed by atoms with Crippen LogP contribution in [0.5, 0.6) is 5.75 Å². The van der Waals surface area contributed by atoms with E-state index >= 15 is 0 Å². The summed E-state index contributed by atoms with van der Waals surface area (Å²) in [4.78, 5) is 11.6. The van der Waals surface area contributed by atoms with Gasteiger partial charge in [0.05, 0.1) is 12.1 Å². The van der Waals surface area contributed by atoms with E-state index in [9.17, 15) is 18.0 Å². The third-order valence-corrected chi connectivity index (χ3v) is 4.21. The van der Waals surface area contributed by atoms with Gasteiger partial charge in [-0.2, -0.15) is 13.2 Å². The number of nitrogens with one attached hydrogen (secondary N) is 1. The molecule has 2 aromatic carbocycles. The normalized spacial score (nSPS) is 15.9. The molecule has 0 unspecified atom stereocenters. The van der Waals surface area contributed by atoms with Gasteiger partial charge in [0.2, 0.25) is 5.91 Å². The summed E-state index contributed by atoms with van der Waals surface area (Å²) in [5, 5.41) is 2.74. The Bertz CT molecular complexity index is 830. The molecule has 1 amide bonds. The van der Waals surface area contributed by atoms with E-state index in [1.165, 1.54) is 18.2 Å². The Hall–Kier alpha value is -2.76. The molecule has 1 heterocycles. The van der Waals surface area contributed by atoms with E-state index in [2.05, 4.69) is 11.9 Å². The van der Waals surface area contributed by atoms with Crippen LogP contribution in [0.4, 0.5) is 13.2 Å². The van der Waals surface area contributed by atoms with Crippen molar-refractivity contribution < 1.29 is 22.7 Å². The number of para-hydroxylation sites is 1. The summed E-state index contributed by atoms with van der Waals surface area (Å²) in [7, 11) is 0. The number of carbonyl (C=O) groups is 1. The first-order chi connectivity index (χ1) is 12.4. The summed E-state index contributed by atoms with van der Waals surface area (Å²) in [5.74, 6) is 0.286. The largest absolute Gasteiger partial charge is 0.487 e. The monoisotopic (exact) mass is 361 g/mol. The lowest BCUT2D eigenvalue weighted by molar-refractivity contribution is -0.137. The number of hydrogen-bond donors (Lipinski definition) is 1. The Morgan fingerprint density at radius 3 is 2.65 bits per heavy atom. The summed E-state index contributed by atoms with van der Waals surface area (Å²) in [6.45, 7) is 3.80. The number of amides is 1. The fraction of sp³-hybridized carbons (Fsp3) is 0.250. The molecule has 0 aromatic heterocycles. The summed E-state index contributed by atoms with van der Waals surface area (Å²) in [6.07, 6.45) is -2.50. The van der Waals surface area contributed by atoms with Gasteiger partial charge in [0, 0.05) is 18.4 Å². The van der Waals surface area contributed by atoms with Crippen molar-refractivity contribution in [2.45, 2.75) is 25.1 Å². The molecule has 1 aliphatic rings. The number of alkyl halides is 3. The van der Waals surface area contributed by atoms with Crippen LogP contribution in [0.15, 0.2) is 55.1 Å². The molecule has 0 fully saturated rings. The van der Waals surface area contributed by atoms with Crippen LogP contribution in [0.25, 0.3) is 11.1 Å². The first-order valence-corrected chi connectivity index (χ1v) is 8.23. The van der Waals surface area contributed by atoms with Crippen molar-refractivity contribution in [3.8, 4) is 16.9 Å². The fourth-order valence-corrected chi connectivity index (χ4v) is 3.06. The van der Waals surface area contributed by atoms with Crippen LogP contribution in [0, 0.1) is 0 Å².